The summed E-state index contributed by atoms with van der Waals surface area (Å²) in [6.07, 6.45) is 2.62. The number of ether oxygens (including phenoxy) is 1. The molecule has 100 valence electrons. The maximum atomic E-state index is 12.1. The third-order valence-electron chi connectivity index (χ3n) is 3.05. The molecule has 1 unspecified atom stereocenters. The van der Waals surface area contributed by atoms with Gasteiger partial charge in [-0.3, -0.25) is 0 Å². The summed E-state index contributed by atoms with van der Waals surface area (Å²) in [7, 11) is 1.39. The molecule has 2 rings (SSSR count). The van der Waals surface area contributed by atoms with Crippen molar-refractivity contribution in [3.63, 3.8) is 0 Å². The van der Waals surface area contributed by atoms with Crippen LogP contribution in [0.15, 0.2) is 36.5 Å². The second kappa shape index (κ2) is 5.84. The van der Waals surface area contributed by atoms with Gasteiger partial charge in [0.25, 0.3) is 0 Å². The summed E-state index contributed by atoms with van der Waals surface area (Å²) >= 11 is 5.28. The molecule has 0 fully saturated rings. The summed E-state index contributed by atoms with van der Waals surface area (Å²) in [4.78, 5) is 15.1. The van der Waals surface area contributed by atoms with Crippen molar-refractivity contribution >= 4 is 18.2 Å². The maximum Gasteiger partial charge on any atom is 0.333 e. The van der Waals surface area contributed by atoms with Crippen LogP contribution in [0, 0.1) is 4.77 Å². The molecule has 1 aromatic heterocycles. The quantitative estimate of drug-likeness (QED) is 0.690. The second-order valence-corrected chi connectivity index (χ2v) is 4.53. The normalized spacial score (nSPS) is 12.1. The minimum Gasteiger partial charge on any atom is -0.467 e. The van der Waals surface area contributed by atoms with Gasteiger partial charge in [0, 0.05) is 11.9 Å². The molecule has 0 aliphatic carbocycles. The Labute approximate surface area is 117 Å². The van der Waals surface area contributed by atoms with E-state index in [1.807, 2.05) is 48.0 Å². The molecule has 5 heteroatoms. The number of carbonyl (C=O) groups is 1. The van der Waals surface area contributed by atoms with Crippen LogP contribution in [-0.2, 0) is 16.0 Å². The van der Waals surface area contributed by atoms with Gasteiger partial charge in [-0.05, 0) is 24.2 Å². The molecule has 19 heavy (non-hydrogen) atoms. The number of carbonyl (C=O) groups excluding carboxylic acids is 1. The summed E-state index contributed by atoms with van der Waals surface area (Å²) in [5, 5.41) is 0. The van der Waals surface area contributed by atoms with Crippen molar-refractivity contribution in [1.29, 1.82) is 0 Å². The fourth-order valence-corrected chi connectivity index (χ4v) is 2.39. The van der Waals surface area contributed by atoms with Gasteiger partial charge in [-0.2, -0.15) is 0 Å². The van der Waals surface area contributed by atoms with E-state index in [1.54, 1.807) is 0 Å². The number of esters is 1. The van der Waals surface area contributed by atoms with Crippen molar-refractivity contribution in [2.75, 3.05) is 7.11 Å². The highest BCUT2D eigenvalue weighted by Crippen LogP contribution is 2.22. The predicted molar refractivity (Wildman–Crippen MR) is 75.6 cm³/mol. The summed E-state index contributed by atoms with van der Waals surface area (Å²) in [6, 6.07) is 8.96. The largest absolute Gasteiger partial charge is 0.467 e. The fourth-order valence-electron chi connectivity index (χ4n) is 2.11. The number of aromatic amines is 1. The van der Waals surface area contributed by atoms with E-state index in [-0.39, 0.29) is 5.97 Å². The average Bonchev–Trinajstić information content (AvgIpc) is 2.81. The highest BCUT2D eigenvalue weighted by Gasteiger charge is 2.25. The van der Waals surface area contributed by atoms with Crippen molar-refractivity contribution in [2.24, 2.45) is 0 Å². The number of aryl methyl sites for hydroxylation is 1. The van der Waals surface area contributed by atoms with Gasteiger partial charge in [0.2, 0.25) is 0 Å². The number of hydrogen-bond donors (Lipinski definition) is 1. The van der Waals surface area contributed by atoms with E-state index in [9.17, 15) is 4.79 Å². The second-order valence-electron chi connectivity index (χ2n) is 4.15. The molecule has 1 N–H and O–H groups in total. The summed E-state index contributed by atoms with van der Waals surface area (Å²) in [5.41, 5.74) is 1.84. The van der Waals surface area contributed by atoms with Crippen molar-refractivity contribution in [2.45, 2.75) is 19.4 Å². The molecule has 0 saturated heterocycles. The number of hydrogen-bond acceptors (Lipinski definition) is 3. The van der Waals surface area contributed by atoms with Gasteiger partial charge < -0.3 is 14.3 Å². The third-order valence-corrected chi connectivity index (χ3v) is 3.37. The first-order valence-electron chi connectivity index (χ1n) is 6.10. The zero-order chi connectivity index (χ0) is 13.8. The van der Waals surface area contributed by atoms with E-state index in [1.165, 1.54) is 7.11 Å². The molecule has 1 atom stereocenters. The lowest BCUT2D eigenvalue weighted by atomic mass is 10.1. The topological polar surface area (TPSA) is 47.0 Å². The number of imidazole rings is 1. The average molecular weight is 276 g/mol. The summed E-state index contributed by atoms with van der Waals surface area (Å²) in [6.45, 7) is 2.02. The Kier molecular flexibility index (Phi) is 4.16. The van der Waals surface area contributed by atoms with Crippen LogP contribution in [0.25, 0.3) is 0 Å². The summed E-state index contributed by atoms with van der Waals surface area (Å²) in [5.74, 6) is -0.323. The number of aromatic nitrogens is 2. The molecule has 0 aliphatic heterocycles. The zero-order valence-corrected chi connectivity index (χ0v) is 11.7. The Balaban J connectivity index is 2.59. The standard InChI is InChI=1S/C14H16N2O2S/c1-3-11-9-15-14(19)16(11)12(13(17)18-2)10-7-5-4-6-8-10/h4-9,12H,3H2,1-2H3,(H,15,19). The van der Waals surface area contributed by atoms with Gasteiger partial charge in [-0.15, -0.1) is 0 Å². The Morgan fingerprint density at radius 3 is 2.68 bits per heavy atom. The Hall–Kier alpha value is -1.88. The Bertz CT molecular complexity index is 616. The van der Waals surface area contributed by atoms with Crippen LogP contribution < -0.4 is 0 Å². The molecule has 0 amide bonds. The lowest BCUT2D eigenvalue weighted by Crippen LogP contribution is -2.23. The first-order chi connectivity index (χ1) is 9.19. The minimum atomic E-state index is -0.542. The molecule has 0 saturated carbocycles. The van der Waals surface area contributed by atoms with Crippen LogP contribution >= 0.6 is 12.2 Å². The lowest BCUT2D eigenvalue weighted by molar-refractivity contribution is -0.143. The number of nitrogens with zero attached hydrogens (tertiary/aromatic N) is 1. The first kappa shape index (κ1) is 13.5. The maximum absolute atomic E-state index is 12.1. The van der Waals surface area contributed by atoms with Crippen LogP contribution in [0.5, 0.6) is 0 Å². The van der Waals surface area contributed by atoms with Gasteiger partial charge in [-0.25, -0.2) is 4.79 Å². The van der Waals surface area contributed by atoms with Gasteiger partial charge >= 0.3 is 5.97 Å². The van der Waals surface area contributed by atoms with Gasteiger partial charge in [0.15, 0.2) is 10.8 Å². The molecule has 0 aliphatic rings. The Morgan fingerprint density at radius 1 is 1.42 bits per heavy atom. The SMILES string of the molecule is CCc1c[nH]c(=S)n1C(C(=O)OC)c1ccccc1. The van der Waals surface area contributed by atoms with Crippen molar-refractivity contribution in [1.82, 2.24) is 9.55 Å². The molecular formula is C14H16N2O2S. The molecule has 4 nitrogen and oxygen atoms in total. The first-order valence-corrected chi connectivity index (χ1v) is 6.51. The van der Waals surface area contributed by atoms with Gasteiger partial charge in [0.1, 0.15) is 0 Å². The van der Waals surface area contributed by atoms with Gasteiger partial charge in [-0.1, -0.05) is 37.3 Å². The molecule has 2 aromatic rings. The predicted octanol–water partition coefficient (Wildman–Crippen LogP) is 2.87. The van der Waals surface area contributed by atoms with Gasteiger partial charge in [0.05, 0.1) is 7.11 Å². The van der Waals surface area contributed by atoms with E-state index in [0.717, 1.165) is 17.7 Å². The molecule has 1 heterocycles. The van der Waals surface area contributed by atoms with E-state index < -0.39 is 6.04 Å². The van der Waals surface area contributed by atoms with E-state index in [4.69, 9.17) is 17.0 Å². The van der Waals surface area contributed by atoms with Crippen LogP contribution in [0.2, 0.25) is 0 Å². The number of benzene rings is 1. The van der Waals surface area contributed by atoms with Crippen molar-refractivity contribution in [3.05, 3.63) is 52.6 Å². The number of rotatable bonds is 4. The van der Waals surface area contributed by atoms with Crippen molar-refractivity contribution < 1.29 is 9.53 Å². The molecule has 0 radical (unpaired) electrons. The zero-order valence-electron chi connectivity index (χ0n) is 10.9. The highest BCUT2D eigenvalue weighted by molar-refractivity contribution is 7.71. The molecule has 1 aromatic carbocycles. The van der Waals surface area contributed by atoms with Crippen molar-refractivity contribution in [3.8, 4) is 0 Å². The third kappa shape index (κ3) is 2.61. The number of H-pyrrole nitrogens is 1. The smallest absolute Gasteiger partial charge is 0.333 e. The molecule has 0 bridgehead atoms. The van der Waals surface area contributed by atoms with E-state index in [2.05, 4.69) is 4.98 Å². The van der Waals surface area contributed by atoms with Crippen LogP contribution in [0.4, 0.5) is 0 Å². The lowest BCUT2D eigenvalue weighted by Gasteiger charge is -2.19. The number of methoxy groups -OCH3 is 1. The summed E-state index contributed by atoms with van der Waals surface area (Å²) < 4.78 is 7.27. The monoisotopic (exact) mass is 276 g/mol. The van der Waals surface area contributed by atoms with Crippen LogP contribution in [0.1, 0.15) is 24.2 Å². The van der Waals surface area contributed by atoms with E-state index >= 15 is 0 Å². The van der Waals surface area contributed by atoms with Crippen LogP contribution in [-0.4, -0.2) is 22.6 Å². The molecular weight excluding hydrogens is 260 g/mol. The highest BCUT2D eigenvalue weighted by atomic mass is 32.1. The fraction of sp³-hybridized carbons (Fsp3) is 0.286. The minimum absolute atomic E-state index is 0.323. The number of nitrogens with one attached hydrogen (secondary N) is 1. The Morgan fingerprint density at radius 2 is 2.11 bits per heavy atom. The molecule has 0 spiro atoms. The van der Waals surface area contributed by atoms with Crippen LogP contribution in [0.3, 0.4) is 0 Å². The van der Waals surface area contributed by atoms with E-state index in [0.29, 0.717) is 4.77 Å².